The summed E-state index contributed by atoms with van der Waals surface area (Å²) in [6.45, 7) is 1.80. The van der Waals surface area contributed by atoms with E-state index in [-0.39, 0.29) is 12.6 Å². The summed E-state index contributed by atoms with van der Waals surface area (Å²) in [6, 6.07) is 0. The van der Waals surface area contributed by atoms with Crippen molar-refractivity contribution in [2.45, 2.75) is 6.92 Å². The Morgan fingerprint density at radius 1 is 0.889 bits per heavy atom. The van der Waals surface area contributed by atoms with Crippen LogP contribution in [0.3, 0.4) is 0 Å². The van der Waals surface area contributed by atoms with E-state index in [0.29, 0.717) is 0 Å². The predicted molar refractivity (Wildman–Crippen MR) is 33.0 cm³/mol. The number of hydrogen-bond donors (Lipinski definition) is 0. The summed E-state index contributed by atoms with van der Waals surface area (Å²) in [7, 11) is 0. The molecule has 0 heterocycles. The Hall–Kier alpha value is -1.25. The van der Waals surface area contributed by atoms with E-state index >= 15 is 0 Å². The van der Waals surface area contributed by atoms with Gasteiger partial charge in [-0.15, -0.1) is 0 Å². The Balaban J connectivity index is 0. The standard InChI is InChI=1S/C4H6O.C2H2O2/c1-2-3-4-5;3-1-2-4/h2-4H,1H3;1-2H. The summed E-state index contributed by atoms with van der Waals surface area (Å²) in [5, 5.41) is 0. The summed E-state index contributed by atoms with van der Waals surface area (Å²) >= 11 is 0. The first kappa shape index (κ1) is 10.7. The smallest absolute Gasteiger partial charge is 0.182 e. The van der Waals surface area contributed by atoms with Gasteiger partial charge in [0.25, 0.3) is 0 Å². The van der Waals surface area contributed by atoms with E-state index in [1.165, 1.54) is 6.08 Å². The number of aldehydes is 3. The molecule has 0 saturated heterocycles. The molecule has 0 aromatic heterocycles. The van der Waals surface area contributed by atoms with Crippen molar-refractivity contribution in [1.82, 2.24) is 0 Å². The minimum Gasteiger partial charge on any atom is -0.299 e. The van der Waals surface area contributed by atoms with Crippen LogP contribution in [-0.2, 0) is 14.4 Å². The molecule has 0 unspecified atom stereocenters. The lowest BCUT2D eigenvalue weighted by molar-refractivity contribution is -0.122. The van der Waals surface area contributed by atoms with Gasteiger partial charge in [0.05, 0.1) is 0 Å². The van der Waals surface area contributed by atoms with Gasteiger partial charge in [0.2, 0.25) is 0 Å². The van der Waals surface area contributed by atoms with E-state index in [1.54, 1.807) is 13.0 Å². The van der Waals surface area contributed by atoms with Crippen LogP contribution in [0.25, 0.3) is 0 Å². The van der Waals surface area contributed by atoms with Gasteiger partial charge in [-0.1, -0.05) is 6.08 Å². The van der Waals surface area contributed by atoms with Crippen molar-refractivity contribution >= 4 is 18.9 Å². The van der Waals surface area contributed by atoms with Gasteiger partial charge >= 0.3 is 0 Å². The zero-order valence-electron chi connectivity index (χ0n) is 5.11. The van der Waals surface area contributed by atoms with Crippen LogP contribution >= 0.6 is 0 Å². The SMILES string of the molecule is CC=CC=O.O=CC=O. The number of allylic oxidation sites excluding steroid dienone is 2. The number of hydrogen-bond acceptors (Lipinski definition) is 3. The van der Waals surface area contributed by atoms with Crippen molar-refractivity contribution in [3.63, 3.8) is 0 Å². The third kappa shape index (κ3) is 49.7. The molecule has 0 bridgehead atoms. The fraction of sp³-hybridized carbons (Fsp3) is 0.167. The minimum atomic E-state index is 0.194. The molecule has 9 heavy (non-hydrogen) atoms. The van der Waals surface area contributed by atoms with Gasteiger partial charge < -0.3 is 0 Å². The fourth-order valence-electron chi connectivity index (χ4n) is 0.0786. The molecule has 3 heteroatoms. The highest BCUT2D eigenvalue weighted by molar-refractivity contribution is 6.09. The lowest BCUT2D eigenvalue weighted by Gasteiger charge is -1.51. The Kier molecular flexibility index (Phi) is 18.8. The van der Waals surface area contributed by atoms with Gasteiger partial charge in [0, 0.05) is 0 Å². The van der Waals surface area contributed by atoms with Gasteiger partial charge in [-0.05, 0) is 13.0 Å². The molecule has 3 nitrogen and oxygen atoms in total. The summed E-state index contributed by atoms with van der Waals surface area (Å²) < 4.78 is 0. The first-order valence-electron chi connectivity index (χ1n) is 2.28. The molecule has 0 aliphatic heterocycles. The zero-order chi connectivity index (χ0) is 7.54. The molecule has 0 amide bonds. The van der Waals surface area contributed by atoms with E-state index in [9.17, 15) is 4.79 Å². The fourth-order valence-corrected chi connectivity index (χ4v) is 0.0786. The Bertz CT molecular complexity index is 98.9. The molecule has 50 valence electrons. The van der Waals surface area contributed by atoms with Crippen LogP contribution in [0.1, 0.15) is 6.92 Å². The van der Waals surface area contributed by atoms with Gasteiger partial charge in [0.1, 0.15) is 6.29 Å². The molecular formula is C6H8O3. The third-order valence-corrected chi connectivity index (χ3v) is 0.327. The minimum absolute atomic E-state index is 0.194. The summed E-state index contributed by atoms with van der Waals surface area (Å²) in [4.78, 5) is 26.9. The summed E-state index contributed by atoms with van der Waals surface area (Å²) in [6.07, 6.45) is 4.27. The Morgan fingerprint density at radius 3 is 1.33 bits per heavy atom. The molecule has 0 fully saturated rings. The molecule has 0 aliphatic carbocycles. The molecule has 0 saturated carbocycles. The molecule has 0 spiro atoms. The molecule has 0 aromatic rings. The lowest BCUT2D eigenvalue weighted by atomic mass is 10.6. The second kappa shape index (κ2) is 15.9. The number of rotatable bonds is 2. The zero-order valence-corrected chi connectivity index (χ0v) is 5.11. The normalized spacial score (nSPS) is 7.22. The topological polar surface area (TPSA) is 51.2 Å². The molecule has 0 aromatic carbocycles. The second-order valence-corrected chi connectivity index (χ2v) is 0.934. The maximum absolute atomic E-state index is 9.32. The van der Waals surface area contributed by atoms with Crippen LogP contribution < -0.4 is 0 Å². The maximum atomic E-state index is 9.32. The number of carbonyl (C=O) groups excluding carboxylic acids is 3. The van der Waals surface area contributed by atoms with Gasteiger partial charge in [-0.25, -0.2) is 0 Å². The highest BCUT2D eigenvalue weighted by Gasteiger charge is 1.48. The highest BCUT2D eigenvalue weighted by Crippen LogP contribution is 1.55. The average molecular weight is 128 g/mol. The van der Waals surface area contributed by atoms with E-state index in [2.05, 4.69) is 0 Å². The van der Waals surface area contributed by atoms with Crippen molar-refractivity contribution in [3.8, 4) is 0 Å². The molecule has 0 radical (unpaired) electrons. The summed E-state index contributed by atoms with van der Waals surface area (Å²) in [5.41, 5.74) is 0. The van der Waals surface area contributed by atoms with Crippen LogP contribution in [0.4, 0.5) is 0 Å². The van der Waals surface area contributed by atoms with E-state index in [4.69, 9.17) is 9.59 Å². The monoisotopic (exact) mass is 128 g/mol. The van der Waals surface area contributed by atoms with Crippen LogP contribution in [0.15, 0.2) is 12.2 Å². The van der Waals surface area contributed by atoms with Crippen molar-refractivity contribution in [2.75, 3.05) is 0 Å². The van der Waals surface area contributed by atoms with Crippen molar-refractivity contribution < 1.29 is 14.4 Å². The lowest BCUT2D eigenvalue weighted by Crippen LogP contribution is -1.62. The maximum Gasteiger partial charge on any atom is 0.182 e. The van der Waals surface area contributed by atoms with Crippen molar-refractivity contribution in [3.05, 3.63) is 12.2 Å². The van der Waals surface area contributed by atoms with Gasteiger partial charge in [0.15, 0.2) is 12.6 Å². The molecule has 0 aliphatic rings. The van der Waals surface area contributed by atoms with E-state index < -0.39 is 0 Å². The van der Waals surface area contributed by atoms with Crippen LogP contribution in [-0.4, -0.2) is 18.9 Å². The largest absolute Gasteiger partial charge is 0.299 e. The molecule has 0 N–H and O–H groups in total. The van der Waals surface area contributed by atoms with Gasteiger partial charge in [-0.2, -0.15) is 0 Å². The van der Waals surface area contributed by atoms with Crippen LogP contribution in [0, 0.1) is 0 Å². The molecular weight excluding hydrogens is 120 g/mol. The molecule has 0 rings (SSSR count). The third-order valence-electron chi connectivity index (χ3n) is 0.327. The first-order chi connectivity index (χ1) is 4.33. The quantitative estimate of drug-likeness (QED) is 0.302. The first-order valence-corrected chi connectivity index (χ1v) is 2.28. The van der Waals surface area contributed by atoms with Crippen LogP contribution in [0.2, 0.25) is 0 Å². The van der Waals surface area contributed by atoms with Crippen molar-refractivity contribution in [2.24, 2.45) is 0 Å². The van der Waals surface area contributed by atoms with E-state index in [1.807, 2.05) is 0 Å². The number of carbonyl (C=O) groups is 3. The van der Waals surface area contributed by atoms with E-state index in [0.717, 1.165) is 6.29 Å². The highest BCUT2D eigenvalue weighted by atomic mass is 16.2. The van der Waals surface area contributed by atoms with Crippen LogP contribution in [0.5, 0.6) is 0 Å². The van der Waals surface area contributed by atoms with Crippen molar-refractivity contribution in [1.29, 1.82) is 0 Å². The molecule has 0 atom stereocenters. The Labute approximate surface area is 53.4 Å². The average Bonchev–Trinajstić information content (AvgIpc) is 1.91. The Morgan fingerprint density at radius 2 is 1.33 bits per heavy atom. The summed E-state index contributed by atoms with van der Waals surface area (Å²) in [5.74, 6) is 0. The predicted octanol–water partition coefficient (Wildman–Crippen LogP) is 0.146. The second-order valence-electron chi connectivity index (χ2n) is 0.934. The van der Waals surface area contributed by atoms with Gasteiger partial charge in [-0.3, -0.25) is 14.4 Å².